The summed E-state index contributed by atoms with van der Waals surface area (Å²) in [6.45, 7) is 10.5. The van der Waals surface area contributed by atoms with E-state index < -0.39 is 30.2 Å². The van der Waals surface area contributed by atoms with Crippen molar-refractivity contribution >= 4 is 6.09 Å². The van der Waals surface area contributed by atoms with Gasteiger partial charge in [-0.2, -0.15) is 31.6 Å². The highest BCUT2D eigenvalue weighted by molar-refractivity contribution is 5.68. The lowest BCUT2D eigenvalue weighted by Crippen LogP contribution is -2.52. The second-order valence-corrected chi connectivity index (χ2v) is 9.95. The summed E-state index contributed by atoms with van der Waals surface area (Å²) in [5.74, 6) is 0.506. The summed E-state index contributed by atoms with van der Waals surface area (Å²) in [6.07, 6.45) is -17.4. The van der Waals surface area contributed by atoms with E-state index in [0.717, 1.165) is 10.5 Å². The first-order chi connectivity index (χ1) is 15.8. The zero-order valence-corrected chi connectivity index (χ0v) is 20.2. The molecule has 196 valence electrons. The molecule has 1 saturated heterocycles. The minimum atomic E-state index is -5.76. The minimum absolute atomic E-state index is 0.111. The highest BCUT2D eigenvalue weighted by atomic mass is 19.4. The van der Waals surface area contributed by atoms with Gasteiger partial charge in [0.1, 0.15) is 11.4 Å². The van der Waals surface area contributed by atoms with Crippen LogP contribution in [0.15, 0.2) is 18.2 Å². The monoisotopic (exact) mass is 509 g/mol. The normalized spacial score (nSPS) is 16.3. The molecule has 0 saturated carbocycles. The number of nitriles is 1. The van der Waals surface area contributed by atoms with Gasteiger partial charge in [0, 0.05) is 38.1 Å². The van der Waals surface area contributed by atoms with Crippen LogP contribution in [0.25, 0.3) is 0 Å². The van der Waals surface area contributed by atoms with Crippen molar-refractivity contribution in [2.45, 2.75) is 65.2 Å². The van der Waals surface area contributed by atoms with Gasteiger partial charge < -0.3 is 14.4 Å². The number of hydrogen-bond acceptors (Lipinski definition) is 5. The van der Waals surface area contributed by atoms with Gasteiger partial charge in [-0.1, -0.05) is 20.8 Å². The number of benzene rings is 1. The Morgan fingerprint density at radius 1 is 0.971 bits per heavy atom. The van der Waals surface area contributed by atoms with Gasteiger partial charge in [-0.25, -0.2) is 4.79 Å². The first-order valence-corrected chi connectivity index (χ1v) is 10.9. The van der Waals surface area contributed by atoms with E-state index in [9.17, 15) is 36.4 Å². The van der Waals surface area contributed by atoms with Gasteiger partial charge in [0.15, 0.2) is 0 Å². The Labute approximate surface area is 200 Å². The van der Waals surface area contributed by atoms with E-state index in [1.54, 1.807) is 18.2 Å². The Morgan fingerprint density at radius 3 is 1.97 bits per heavy atom. The van der Waals surface area contributed by atoms with Crippen LogP contribution in [0.5, 0.6) is 5.75 Å². The van der Waals surface area contributed by atoms with Gasteiger partial charge in [0.25, 0.3) is 6.10 Å². The molecule has 1 aliphatic heterocycles. The quantitative estimate of drug-likeness (QED) is 0.490. The molecule has 2 rings (SSSR count). The number of halogens is 6. The second-order valence-electron chi connectivity index (χ2n) is 9.95. The third-order valence-corrected chi connectivity index (χ3v) is 6.12. The number of piperazine rings is 1. The number of carbonyl (C=O) groups excluding carboxylic acids is 1. The molecule has 0 aliphatic carbocycles. The molecule has 0 atom stereocenters. The molecule has 12 heteroatoms. The predicted octanol–water partition coefficient (Wildman–Crippen LogP) is 5.51. The zero-order chi connectivity index (χ0) is 26.8. The number of nitrogens with zero attached hydrogens (tertiary/aromatic N) is 3. The van der Waals surface area contributed by atoms with E-state index in [4.69, 9.17) is 4.74 Å². The summed E-state index contributed by atoms with van der Waals surface area (Å²) in [6, 6.07) is 7.17. The number of hydrogen-bond donors (Lipinski definition) is 0. The van der Waals surface area contributed by atoms with Crippen molar-refractivity contribution in [3.8, 4) is 11.8 Å². The highest BCUT2D eigenvalue weighted by Crippen LogP contribution is 2.37. The van der Waals surface area contributed by atoms with Crippen LogP contribution in [0, 0.1) is 16.7 Å². The van der Waals surface area contributed by atoms with Crippen LogP contribution in [0.4, 0.5) is 31.1 Å². The van der Waals surface area contributed by atoms with Crippen molar-refractivity contribution in [2.24, 2.45) is 5.41 Å². The third-order valence-electron chi connectivity index (χ3n) is 6.12. The molecule has 1 amide bonds. The van der Waals surface area contributed by atoms with Gasteiger partial charge in [0.2, 0.25) is 0 Å². The second kappa shape index (κ2) is 10.1. The Hall–Kier alpha value is -2.68. The van der Waals surface area contributed by atoms with Gasteiger partial charge in [-0.05, 0) is 37.6 Å². The maximum absolute atomic E-state index is 12.7. The van der Waals surface area contributed by atoms with Crippen molar-refractivity contribution < 1.29 is 40.6 Å². The molecule has 0 unspecified atom stereocenters. The maximum Gasteiger partial charge on any atom is 0.434 e. The molecule has 0 aromatic heterocycles. The van der Waals surface area contributed by atoms with E-state index >= 15 is 0 Å². The van der Waals surface area contributed by atoms with E-state index in [2.05, 4.69) is 10.8 Å². The number of alkyl halides is 6. The van der Waals surface area contributed by atoms with E-state index in [0.29, 0.717) is 17.9 Å². The topological polar surface area (TPSA) is 65.8 Å². The summed E-state index contributed by atoms with van der Waals surface area (Å²) >= 11 is 0. The fourth-order valence-corrected chi connectivity index (χ4v) is 3.16. The van der Waals surface area contributed by atoms with Crippen LogP contribution < -0.4 is 4.74 Å². The molecule has 1 aliphatic rings. The predicted molar refractivity (Wildman–Crippen MR) is 115 cm³/mol. The van der Waals surface area contributed by atoms with Crippen LogP contribution >= 0.6 is 0 Å². The van der Waals surface area contributed by atoms with Crippen LogP contribution in [0.3, 0.4) is 0 Å². The maximum atomic E-state index is 12.7. The summed E-state index contributed by atoms with van der Waals surface area (Å²) in [7, 11) is 0. The highest BCUT2D eigenvalue weighted by Gasteiger charge is 2.60. The van der Waals surface area contributed by atoms with E-state index in [1.807, 2.05) is 39.5 Å². The lowest BCUT2D eigenvalue weighted by Gasteiger charge is -2.39. The fourth-order valence-electron chi connectivity index (χ4n) is 3.16. The number of ether oxygens (including phenoxy) is 2. The number of rotatable bonds is 5. The molecule has 1 fully saturated rings. The molecular formula is C23H29F6N3O3. The molecule has 0 bridgehead atoms. The van der Waals surface area contributed by atoms with Gasteiger partial charge in [0.05, 0.1) is 11.6 Å². The molecule has 1 aromatic carbocycles. The first-order valence-electron chi connectivity index (χ1n) is 10.9. The Morgan fingerprint density at radius 2 is 1.51 bits per heavy atom. The molecule has 0 N–H and O–H groups in total. The van der Waals surface area contributed by atoms with Gasteiger partial charge >= 0.3 is 18.4 Å². The van der Waals surface area contributed by atoms with E-state index in [1.165, 1.54) is 0 Å². The summed E-state index contributed by atoms with van der Waals surface area (Å²) in [5.41, 5.74) is 0.385. The standard InChI is InChI=1S/C23H29F6N3O3/c1-20(2,3)21(4,5)35-17-11-15(13-30)10-16(12-17)14-31-6-8-32(9-7-31)19(33)34-18(22(24,25)26)23(27,28)29/h10-12,18H,6-9,14H2,1-5H3. The third kappa shape index (κ3) is 7.65. The molecular weight excluding hydrogens is 480 g/mol. The number of carbonyl (C=O) groups is 1. The smallest absolute Gasteiger partial charge is 0.434 e. The average molecular weight is 509 g/mol. The largest absolute Gasteiger partial charge is 0.487 e. The summed E-state index contributed by atoms with van der Waals surface area (Å²) in [4.78, 5) is 14.6. The first kappa shape index (κ1) is 28.6. The Balaban J connectivity index is 2.04. The molecule has 1 aromatic rings. The SMILES string of the molecule is CC(C)(C)C(C)(C)Oc1cc(C#N)cc(CN2CCN(C(=O)OC(C(F)(F)F)C(F)(F)F)CC2)c1. The summed E-state index contributed by atoms with van der Waals surface area (Å²) < 4.78 is 85.8. The molecule has 0 spiro atoms. The molecule has 0 radical (unpaired) electrons. The summed E-state index contributed by atoms with van der Waals surface area (Å²) in [5, 5.41) is 9.40. The van der Waals surface area contributed by atoms with Crippen LogP contribution in [-0.4, -0.2) is 66.1 Å². The van der Waals surface area contributed by atoms with Gasteiger partial charge in [-0.3, -0.25) is 4.90 Å². The van der Waals surface area contributed by atoms with Crippen LogP contribution in [-0.2, 0) is 11.3 Å². The lowest BCUT2D eigenvalue weighted by molar-refractivity contribution is -0.308. The Bertz CT molecular complexity index is 926. The van der Waals surface area contributed by atoms with Crippen molar-refractivity contribution in [3.63, 3.8) is 0 Å². The van der Waals surface area contributed by atoms with Crippen molar-refractivity contribution in [1.82, 2.24) is 9.80 Å². The van der Waals surface area contributed by atoms with Crippen molar-refractivity contribution in [3.05, 3.63) is 29.3 Å². The average Bonchev–Trinajstić information content (AvgIpc) is 2.69. The minimum Gasteiger partial charge on any atom is -0.487 e. The fraction of sp³-hybridized carbons (Fsp3) is 0.652. The van der Waals surface area contributed by atoms with Crippen molar-refractivity contribution in [2.75, 3.05) is 26.2 Å². The Kier molecular flexibility index (Phi) is 8.26. The molecule has 1 heterocycles. The number of amides is 1. The molecule has 6 nitrogen and oxygen atoms in total. The van der Waals surface area contributed by atoms with Crippen LogP contribution in [0.2, 0.25) is 0 Å². The van der Waals surface area contributed by atoms with Crippen molar-refractivity contribution in [1.29, 1.82) is 5.26 Å². The van der Waals surface area contributed by atoms with Crippen LogP contribution in [0.1, 0.15) is 45.7 Å². The molecule has 35 heavy (non-hydrogen) atoms. The van der Waals surface area contributed by atoms with E-state index in [-0.39, 0.29) is 31.6 Å². The van der Waals surface area contributed by atoms with Gasteiger partial charge in [-0.15, -0.1) is 0 Å². The zero-order valence-electron chi connectivity index (χ0n) is 20.2. The lowest BCUT2D eigenvalue weighted by atomic mass is 9.79.